The predicted octanol–water partition coefficient (Wildman–Crippen LogP) is 2.64. The first-order valence-electron chi connectivity index (χ1n) is 8.35. The molecule has 1 aliphatic rings. The number of hydrogen-bond donors (Lipinski definition) is 1. The third-order valence-electron chi connectivity index (χ3n) is 4.44. The summed E-state index contributed by atoms with van der Waals surface area (Å²) in [5.74, 6) is -0.0657. The molecule has 0 aliphatic carbocycles. The van der Waals surface area contributed by atoms with Gasteiger partial charge in [0, 0.05) is 24.7 Å². The minimum Gasteiger partial charge on any atom is -0.309 e. The van der Waals surface area contributed by atoms with Crippen molar-refractivity contribution in [2.75, 3.05) is 11.4 Å². The Hall–Kier alpha value is -2.18. The highest BCUT2D eigenvalue weighted by atomic mass is 32.2. The molecule has 0 saturated heterocycles. The van der Waals surface area contributed by atoms with Crippen LogP contribution in [0.4, 0.5) is 5.69 Å². The van der Waals surface area contributed by atoms with E-state index in [9.17, 15) is 13.2 Å². The summed E-state index contributed by atoms with van der Waals surface area (Å²) in [4.78, 5) is 14.6. The Bertz CT molecular complexity index is 876. The van der Waals surface area contributed by atoms with Crippen LogP contribution in [0.3, 0.4) is 0 Å². The molecule has 2 aromatic carbocycles. The van der Waals surface area contributed by atoms with Crippen LogP contribution in [0.5, 0.6) is 0 Å². The second-order valence-electron chi connectivity index (χ2n) is 6.41. The van der Waals surface area contributed by atoms with Gasteiger partial charge < -0.3 is 4.90 Å². The SMILES string of the molecule is Cc1ccc(S(=O)(=O)NCCC(=O)N2c3ccccc3CC2C)cc1. The maximum absolute atomic E-state index is 12.6. The van der Waals surface area contributed by atoms with E-state index in [1.165, 1.54) is 0 Å². The van der Waals surface area contributed by atoms with Crippen LogP contribution in [0.1, 0.15) is 24.5 Å². The van der Waals surface area contributed by atoms with Crippen LogP contribution in [0.15, 0.2) is 53.4 Å². The lowest BCUT2D eigenvalue weighted by molar-refractivity contribution is -0.118. The van der Waals surface area contributed by atoms with Crippen LogP contribution >= 0.6 is 0 Å². The Balaban J connectivity index is 1.62. The van der Waals surface area contributed by atoms with Crippen LogP contribution in [-0.2, 0) is 21.2 Å². The van der Waals surface area contributed by atoms with Crippen molar-refractivity contribution in [2.45, 2.75) is 37.6 Å². The fraction of sp³-hybridized carbons (Fsp3) is 0.316. The minimum atomic E-state index is -3.59. The number of sulfonamides is 1. The zero-order valence-corrected chi connectivity index (χ0v) is 15.2. The van der Waals surface area contributed by atoms with E-state index in [0.717, 1.165) is 23.2 Å². The highest BCUT2D eigenvalue weighted by Gasteiger charge is 2.30. The first-order valence-corrected chi connectivity index (χ1v) is 9.83. The molecule has 1 unspecified atom stereocenters. The van der Waals surface area contributed by atoms with Crippen molar-refractivity contribution in [3.8, 4) is 0 Å². The largest absolute Gasteiger partial charge is 0.309 e. The molecule has 0 bridgehead atoms. The van der Waals surface area contributed by atoms with Gasteiger partial charge in [-0.25, -0.2) is 13.1 Å². The van der Waals surface area contributed by atoms with Crippen molar-refractivity contribution in [1.29, 1.82) is 0 Å². The fourth-order valence-corrected chi connectivity index (χ4v) is 4.19. The van der Waals surface area contributed by atoms with Crippen molar-refractivity contribution in [2.24, 2.45) is 0 Å². The third kappa shape index (κ3) is 3.75. The number of anilines is 1. The average Bonchev–Trinajstić information content (AvgIpc) is 2.90. The quantitative estimate of drug-likeness (QED) is 0.893. The standard InChI is InChI=1S/C19H22N2O3S/c1-14-7-9-17(10-8-14)25(23,24)20-12-11-19(22)21-15(2)13-16-5-3-4-6-18(16)21/h3-10,15,20H,11-13H2,1-2H3. The molecule has 0 aromatic heterocycles. The average molecular weight is 358 g/mol. The lowest BCUT2D eigenvalue weighted by atomic mass is 10.1. The number of nitrogens with zero attached hydrogens (tertiary/aromatic N) is 1. The molecule has 25 heavy (non-hydrogen) atoms. The summed E-state index contributed by atoms with van der Waals surface area (Å²) in [7, 11) is -3.59. The first-order chi connectivity index (χ1) is 11.9. The third-order valence-corrected chi connectivity index (χ3v) is 5.92. The lowest BCUT2D eigenvalue weighted by Crippen LogP contribution is -2.38. The number of hydrogen-bond acceptors (Lipinski definition) is 3. The normalized spacial score (nSPS) is 16.7. The van der Waals surface area contributed by atoms with Crippen LogP contribution in [0, 0.1) is 6.92 Å². The zero-order valence-electron chi connectivity index (χ0n) is 14.4. The molecule has 0 saturated carbocycles. The summed E-state index contributed by atoms with van der Waals surface area (Å²) in [6, 6.07) is 14.6. The van der Waals surface area contributed by atoms with Crippen LogP contribution < -0.4 is 9.62 Å². The Morgan fingerprint density at radius 1 is 1.16 bits per heavy atom. The summed E-state index contributed by atoms with van der Waals surface area (Å²) >= 11 is 0. The molecule has 1 atom stereocenters. The number of para-hydroxylation sites is 1. The maximum Gasteiger partial charge on any atom is 0.240 e. The Morgan fingerprint density at radius 2 is 1.84 bits per heavy atom. The minimum absolute atomic E-state index is 0.0657. The maximum atomic E-state index is 12.6. The Kier molecular flexibility index (Phi) is 4.92. The number of amides is 1. The van der Waals surface area contributed by atoms with Gasteiger partial charge in [0.15, 0.2) is 0 Å². The Morgan fingerprint density at radius 3 is 2.56 bits per heavy atom. The second kappa shape index (κ2) is 6.98. The highest BCUT2D eigenvalue weighted by Crippen LogP contribution is 2.32. The molecule has 0 spiro atoms. The van der Waals surface area contributed by atoms with Gasteiger partial charge in [0.05, 0.1) is 4.90 Å². The van der Waals surface area contributed by atoms with E-state index in [-0.39, 0.29) is 29.8 Å². The summed E-state index contributed by atoms with van der Waals surface area (Å²) < 4.78 is 27.1. The molecule has 1 aliphatic heterocycles. The van der Waals surface area contributed by atoms with E-state index in [4.69, 9.17) is 0 Å². The van der Waals surface area contributed by atoms with Crippen molar-refractivity contribution in [1.82, 2.24) is 4.72 Å². The van der Waals surface area contributed by atoms with Gasteiger partial charge in [-0.1, -0.05) is 35.9 Å². The number of benzene rings is 2. The van der Waals surface area contributed by atoms with Gasteiger partial charge in [-0.15, -0.1) is 0 Å². The molecule has 3 rings (SSSR count). The van der Waals surface area contributed by atoms with Crippen molar-refractivity contribution in [3.63, 3.8) is 0 Å². The van der Waals surface area contributed by atoms with Gasteiger partial charge in [-0.2, -0.15) is 0 Å². The van der Waals surface area contributed by atoms with Gasteiger partial charge in [0.2, 0.25) is 15.9 Å². The molecule has 2 aromatic rings. The van der Waals surface area contributed by atoms with E-state index < -0.39 is 10.0 Å². The summed E-state index contributed by atoms with van der Waals surface area (Å²) in [6.45, 7) is 3.99. The van der Waals surface area contributed by atoms with Gasteiger partial charge in [0.1, 0.15) is 0 Å². The molecule has 0 fully saturated rings. The van der Waals surface area contributed by atoms with E-state index in [1.54, 1.807) is 29.2 Å². The number of aryl methyl sites for hydroxylation is 1. The highest BCUT2D eigenvalue weighted by molar-refractivity contribution is 7.89. The zero-order chi connectivity index (χ0) is 18.0. The fourth-order valence-electron chi connectivity index (χ4n) is 3.16. The van der Waals surface area contributed by atoms with E-state index >= 15 is 0 Å². The number of carbonyl (C=O) groups excluding carboxylic acids is 1. The molecule has 1 amide bonds. The molecule has 1 N–H and O–H groups in total. The predicted molar refractivity (Wildman–Crippen MR) is 98.1 cm³/mol. The van der Waals surface area contributed by atoms with Gasteiger partial charge >= 0.3 is 0 Å². The molecule has 6 heteroatoms. The summed E-state index contributed by atoms with van der Waals surface area (Å²) in [6.07, 6.45) is 0.959. The topological polar surface area (TPSA) is 66.5 Å². The van der Waals surface area contributed by atoms with Crippen LogP contribution in [0.2, 0.25) is 0 Å². The Labute approximate surface area is 148 Å². The van der Waals surface area contributed by atoms with Gasteiger partial charge in [0.25, 0.3) is 0 Å². The van der Waals surface area contributed by atoms with Crippen molar-refractivity contribution < 1.29 is 13.2 Å². The van der Waals surface area contributed by atoms with E-state index in [1.807, 2.05) is 38.1 Å². The van der Waals surface area contributed by atoms with Crippen molar-refractivity contribution >= 4 is 21.6 Å². The van der Waals surface area contributed by atoms with Crippen LogP contribution in [-0.4, -0.2) is 26.9 Å². The smallest absolute Gasteiger partial charge is 0.240 e. The van der Waals surface area contributed by atoms with Crippen molar-refractivity contribution in [3.05, 3.63) is 59.7 Å². The summed E-state index contributed by atoms with van der Waals surface area (Å²) in [5, 5.41) is 0. The molecular formula is C19H22N2O3S. The van der Waals surface area contributed by atoms with E-state index in [0.29, 0.717) is 0 Å². The van der Waals surface area contributed by atoms with Crippen LogP contribution in [0.25, 0.3) is 0 Å². The second-order valence-corrected chi connectivity index (χ2v) is 8.17. The first kappa shape index (κ1) is 17.6. The van der Waals surface area contributed by atoms with Gasteiger partial charge in [-0.05, 0) is 44.0 Å². The number of rotatable bonds is 5. The molecule has 1 heterocycles. The monoisotopic (exact) mass is 358 g/mol. The number of carbonyl (C=O) groups is 1. The number of fused-ring (bicyclic) bond motifs is 1. The molecule has 132 valence electrons. The molecule has 0 radical (unpaired) electrons. The number of nitrogens with one attached hydrogen (secondary N) is 1. The molecule has 5 nitrogen and oxygen atoms in total. The lowest BCUT2D eigenvalue weighted by Gasteiger charge is -2.22. The molecular weight excluding hydrogens is 336 g/mol. The van der Waals surface area contributed by atoms with Gasteiger partial charge in [-0.3, -0.25) is 4.79 Å². The summed E-state index contributed by atoms with van der Waals surface area (Å²) in [5.41, 5.74) is 3.08. The van der Waals surface area contributed by atoms with E-state index in [2.05, 4.69) is 4.72 Å².